The molecule has 90 valence electrons. The molecule has 0 fully saturated rings. The largest absolute Gasteiger partial charge is 0.755 e. The summed E-state index contributed by atoms with van der Waals surface area (Å²) in [7, 11) is 0. The summed E-state index contributed by atoms with van der Waals surface area (Å²) in [5.41, 5.74) is 1.78. The van der Waals surface area contributed by atoms with Crippen molar-refractivity contribution in [2.24, 2.45) is 0 Å². The Morgan fingerprint density at radius 3 is 2.25 bits per heavy atom. The van der Waals surface area contributed by atoms with E-state index in [0.29, 0.717) is 5.69 Å². The standard InChI is InChI=1S/C11H18N2O2S/c1-11(2,3)12-8-9-4-6-10(7-5-9)13-16(14)15/h4-7,12-13H,8H2,1-3H3,(H,14,15)/p-1. The van der Waals surface area contributed by atoms with Crippen LogP contribution in [0.4, 0.5) is 5.69 Å². The minimum atomic E-state index is -2.26. The van der Waals surface area contributed by atoms with Crippen molar-refractivity contribution in [3.63, 3.8) is 0 Å². The van der Waals surface area contributed by atoms with Gasteiger partial charge in [0.1, 0.15) is 0 Å². The van der Waals surface area contributed by atoms with Crippen molar-refractivity contribution in [1.29, 1.82) is 0 Å². The number of hydrogen-bond acceptors (Lipinski definition) is 3. The van der Waals surface area contributed by atoms with E-state index in [1.54, 1.807) is 12.1 Å². The molecule has 0 saturated heterocycles. The van der Waals surface area contributed by atoms with Gasteiger partial charge in [-0.05, 0) is 38.5 Å². The molecule has 0 saturated carbocycles. The predicted molar refractivity (Wildman–Crippen MR) is 65.6 cm³/mol. The topological polar surface area (TPSA) is 64.2 Å². The summed E-state index contributed by atoms with van der Waals surface area (Å²) in [6, 6.07) is 7.28. The first-order valence-corrected chi connectivity index (χ1v) is 6.14. The third-order valence-corrected chi connectivity index (χ3v) is 2.38. The molecule has 1 unspecified atom stereocenters. The molecule has 1 rings (SSSR count). The Kier molecular flexibility index (Phi) is 4.46. The fourth-order valence-electron chi connectivity index (χ4n) is 1.15. The van der Waals surface area contributed by atoms with Crippen molar-refractivity contribution in [3.8, 4) is 0 Å². The summed E-state index contributed by atoms with van der Waals surface area (Å²) < 4.78 is 23.1. The maximum Gasteiger partial charge on any atom is 0.0452 e. The number of hydrogen-bond donors (Lipinski definition) is 2. The van der Waals surface area contributed by atoms with E-state index >= 15 is 0 Å². The van der Waals surface area contributed by atoms with Crippen molar-refractivity contribution in [3.05, 3.63) is 29.8 Å². The summed E-state index contributed by atoms with van der Waals surface area (Å²) in [5.74, 6) is 0. The monoisotopic (exact) mass is 241 g/mol. The van der Waals surface area contributed by atoms with Gasteiger partial charge in [-0.3, -0.25) is 4.21 Å². The van der Waals surface area contributed by atoms with Crippen molar-refractivity contribution >= 4 is 17.0 Å². The molecular formula is C11H17N2O2S-. The van der Waals surface area contributed by atoms with E-state index in [2.05, 4.69) is 30.8 Å². The first kappa shape index (κ1) is 13.2. The third-order valence-electron chi connectivity index (χ3n) is 1.98. The molecule has 0 aromatic heterocycles. The molecule has 0 spiro atoms. The second-order valence-electron chi connectivity index (χ2n) is 4.64. The van der Waals surface area contributed by atoms with Gasteiger partial charge in [0.25, 0.3) is 0 Å². The average Bonchev–Trinajstić information content (AvgIpc) is 2.14. The van der Waals surface area contributed by atoms with Gasteiger partial charge < -0.3 is 14.6 Å². The van der Waals surface area contributed by atoms with Crippen LogP contribution in [0.15, 0.2) is 24.3 Å². The Morgan fingerprint density at radius 2 is 1.81 bits per heavy atom. The van der Waals surface area contributed by atoms with Crippen LogP contribution in [0, 0.1) is 0 Å². The maximum atomic E-state index is 10.4. The Bertz CT molecular complexity index is 357. The lowest BCUT2D eigenvalue weighted by molar-refractivity contribution is 0.424. The van der Waals surface area contributed by atoms with E-state index in [1.165, 1.54) is 0 Å². The normalized spacial score (nSPS) is 13.5. The fraction of sp³-hybridized carbons (Fsp3) is 0.455. The molecule has 4 nitrogen and oxygen atoms in total. The molecule has 5 heteroatoms. The molecule has 1 aromatic carbocycles. The van der Waals surface area contributed by atoms with E-state index < -0.39 is 11.3 Å². The summed E-state index contributed by atoms with van der Waals surface area (Å²) >= 11 is -2.26. The lowest BCUT2D eigenvalue weighted by Gasteiger charge is -2.20. The van der Waals surface area contributed by atoms with Gasteiger partial charge in [-0.15, -0.1) is 0 Å². The van der Waals surface area contributed by atoms with Crippen molar-refractivity contribution in [1.82, 2.24) is 5.32 Å². The summed E-state index contributed by atoms with van der Waals surface area (Å²) in [5, 5.41) is 3.36. The first-order valence-electron chi connectivity index (χ1n) is 5.07. The van der Waals surface area contributed by atoms with Gasteiger partial charge in [-0.25, -0.2) is 0 Å². The van der Waals surface area contributed by atoms with E-state index in [4.69, 9.17) is 0 Å². The predicted octanol–water partition coefficient (Wildman–Crippen LogP) is 1.78. The van der Waals surface area contributed by atoms with Gasteiger partial charge in [-0.1, -0.05) is 12.1 Å². The van der Waals surface area contributed by atoms with E-state index in [-0.39, 0.29) is 5.54 Å². The van der Waals surface area contributed by atoms with Crippen molar-refractivity contribution < 1.29 is 8.76 Å². The Hall–Kier alpha value is -0.910. The molecular weight excluding hydrogens is 224 g/mol. The van der Waals surface area contributed by atoms with Crippen molar-refractivity contribution in [2.45, 2.75) is 32.9 Å². The molecule has 0 heterocycles. The fourth-order valence-corrected chi connectivity index (χ4v) is 1.48. The lowest BCUT2D eigenvalue weighted by Crippen LogP contribution is -2.35. The Balaban J connectivity index is 2.55. The van der Waals surface area contributed by atoms with Crippen LogP contribution in [-0.2, 0) is 17.8 Å². The summed E-state index contributed by atoms with van der Waals surface area (Å²) in [6.45, 7) is 7.07. The van der Waals surface area contributed by atoms with Crippen LogP contribution in [0.5, 0.6) is 0 Å². The van der Waals surface area contributed by atoms with E-state index in [0.717, 1.165) is 12.1 Å². The van der Waals surface area contributed by atoms with Gasteiger partial charge in [-0.2, -0.15) is 0 Å². The zero-order chi connectivity index (χ0) is 12.2. The highest BCUT2D eigenvalue weighted by Gasteiger charge is 2.07. The van der Waals surface area contributed by atoms with Gasteiger partial charge in [0.05, 0.1) is 0 Å². The molecule has 0 radical (unpaired) electrons. The molecule has 1 aromatic rings. The Labute approximate surface area is 98.9 Å². The molecule has 1 atom stereocenters. The smallest absolute Gasteiger partial charge is 0.0452 e. The number of anilines is 1. The van der Waals surface area contributed by atoms with Gasteiger partial charge in [0.2, 0.25) is 0 Å². The van der Waals surface area contributed by atoms with Crippen LogP contribution < -0.4 is 10.0 Å². The zero-order valence-electron chi connectivity index (χ0n) is 9.74. The zero-order valence-corrected chi connectivity index (χ0v) is 10.6. The minimum Gasteiger partial charge on any atom is -0.755 e. The molecule has 0 aliphatic heterocycles. The maximum absolute atomic E-state index is 10.4. The van der Waals surface area contributed by atoms with Crippen LogP contribution in [0.3, 0.4) is 0 Å². The second-order valence-corrected chi connectivity index (χ2v) is 5.31. The molecule has 0 amide bonds. The Morgan fingerprint density at radius 1 is 1.25 bits per heavy atom. The van der Waals surface area contributed by atoms with Crippen LogP contribution in [0.25, 0.3) is 0 Å². The number of rotatable bonds is 4. The average molecular weight is 241 g/mol. The third kappa shape index (κ3) is 5.25. The van der Waals surface area contributed by atoms with Gasteiger partial charge in [0.15, 0.2) is 0 Å². The van der Waals surface area contributed by atoms with Gasteiger partial charge >= 0.3 is 0 Å². The van der Waals surface area contributed by atoms with Crippen LogP contribution in [0.2, 0.25) is 0 Å². The summed E-state index contributed by atoms with van der Waals surface area (Å²) in [4.78, 5) is 0. The van der Waals surface area contributed by atoms with Crippen LogP contribution in [-0.4, -0.2) is 14.3 Å². The SMILES string of the molecule is CC(C)(C)NCc1ccc(NS(=O)[O-])cc1. The molecule has 0 bridgehead atoms. The summed E-state index contributed by atoms with van der Waals surface area (Å²) in [6.07, 6.45) is 0. The highest BCUT2D eigenvalue weighted by molar-refractivity contribution is 7.80. The molecule has 0 aliphatic carbocycles. The van der Waals surface area contributed by atoms with Crippen LogP contribution >= 0.6 is 0 Å². The highest BCUT2D eigenvalue weighted by Crippen LogP contribution is 2.10. The van der Waals surface area contributed by atoms with E-state index in [9.17, 15) is 8.76 Å². The molecule has 0 aliphatic rings. The number of benzene rings is 1. The lowest BCUT2D eigenvalue weighted by atomic mass is 10.1. The van der Waals surface area contributed by atoms with Gasteiger partial charge in [0, 0.05) is 29.0 Å². The first-order chi connectivity index (χ1) is 7.37. The highest BCUT2D eigenvalue weighted by atomic mass is 32.2. The number of nitrogens with one attached hydrogen (secondary N) is 2. The molecule has 16 heavy (non-hydrogen) atoms. The minimum absolute atomic E-state index is 0.0768. The quantitative estimate of drug-likeness (QED) is 0.790. The van der Waals surface area contributed by atoms with Crippen LogP contribution in [0.1, 0.15) is 26.3 Å². The van der Waals surface area contributed by atoms with E-state index in [1.807, 2.05) is 12.1 Å². The second kappa shape index (κ2) is 5.43. The molecule has 2 N–H and O–H groups in total. The van der Waals surface area contributed by atoms with Crippen molar-refractivity contribution in [2.75, 3.05) is 4.72 Å².